The van der Waals surface area contributed by atoms with Crippen molar-refractivity contribution < 1.29 is 4.79 Å². The van der Waals surface area contributed by atoms with E-state index in [1.54, 1.807) is 0 Å². The molecular weight excluding hydrogens is 366 g/mol. The number of rotatable bonds is 6. The Labute approximate surface area is 165 Å². The van der Waals surface area contributed by atoms with Crippen LogP contribution in [0.1, 0.15) is 21.5 Å². The fourth-order valence-corrected chi connectivity index (χ4v) is 3.84. The highest BCUT2D eigenvalue weighted by Gasteiger charge is 2.10. The second kappa shape index (κ2) is 10.6. The molecule has 4 nitrogen and oxygen atoms in total. The first-order chi connectivity index (χ1) is 12.2. The number of nitrogens with one attached hydrogen (secondary N) is 1. The number of nitrogens with zero attached hydrogens (tertiary/aromatic N) is 1. The van der Waals surface area contributed by atoms with Gasteiger partial charge >= 0.3 is 0 Å². The zero-order valence-electron chi connectivity index (χ0n) is 14.8. The van der Waals surface area contributed by atoms with Gasteiger partial charge in [0.2, 0.25) is 0 Å². The summed E-state index contributed by atoms with van der Waals surface area (Å²) in [4.78, 5) is 14.8. The van der Waals surface area contributed by atoms with E-state index < -0.39 is 0 Å². The molecule has 26 heavy (non-hydrogen) atoms. The predicted molar refractivity (Wildman–Crippen MR) is 113 cm³/mol. The quantitative estimate of drug-likeness (QED) is 0.792. The van der Waals surface area contributed by atoms with Crippen LogP contribution in [0, 0.1) is 0 Å². The van der Waals surface area contributed by atoms with Gasteiger partial charge in [0.15, 0.2) is 0 Å². The zero-order valence-corrected chi connectivity index (χ0v) is 16.5. The lowest BCUT2D eigenvalue weighted by Gasteiger charge is -2.26. The van der Waals surface area contributed by atoms with E-state index in [1.807, 2.05) is 48.2 Å². The highest BCUT2D eigenvalue weighted by molar-refractivity contribution is 7.99. The molecule has 0 aromatic heterocycles. The van der Waals surface area contributed by atoms with Crippen LogP contribution in [-0.4, -0.2) is 41.9 Å². The molecule has 3 N–H and O–H groups in total. The van der Waals surface area contributed by atoms with Crippen molar-refractivity contribution in [3.05, 3.63) is 65.2 Å². The molecule has 0 bridgehead atoms. The van der Waals surface area contributed by atoms with E-state index in [2.05, 4.69) is 22.3 Å². The fourth-order valence-electron chi connectivity index (χ4n) is 2.86. The standard InChI is InChI=1S/C20H25N3OS.ClH/c21-15-17-1-5-18(6-2-17)20(24)22-19-7-3-16(4-8-19)9-10-23-11-13-25-14-12-23;/h1-8H,9-15,21H2,(H,22,24);1H. The normalized spacial score (nSPS) is 14.5. The zero-order chi connectivity index (χ0) is 17.5. The minimum Gasteiger partial charge on any atom is -0.326 e. The van der Waals surface area contributed by atoms with Crippen LogP contribution in [0.2, 0.25) is 0 Å². The minimum absolute atomic E-state index is 0. The molecule has 1 aliphatic heterocycles. The monoisotopic (exact) mass is 391 g/mol. The smallest absolute Gasteiger partial charge is 0.255 e. The van der Waals surface area contributed by atoms with Crippen molar-refractivity contribution in [2.24, 2.45) is 5.73 Å². The summed E-state index contributed by atoms with van der Waals surface area (Å²) >= 11 is 2.04. The van der Waals surface area contributed by atoms with Gasteiger partial charge in [-0.2, -0.15) is 11.8 Å². The van der Waals surface area contributed by atoms with Crippen LogP contribution in [0.4, 0.5) is 5.69 Å². The van der Waals surface area contributed by atoms with Gasteiger partial charge in [0.25, 0.3) is 5.91 Å². The SMILES string of the molecule is Cl.NCc1ccc(C(=O)Nc2ccc(CCN3CCSCC3)cc2)cc1. The average molecular weight is 392 g/mol. The van der Waals surface area contributed by atoms with Gasteiger partial charge in [-0.05, 0) is 41.8 Å². The van der Waals surface area contributed by atoms with Gasteiger partial charge in [0.05, 0.1) is 0 Å². The van der Waals surface area contributed by atoms with Crippen LogP contribution in [0.3, 0.4) is 0 Å². The Balaban J connectivity index is 0.00000243. The number of nitrogens with two attached hydrogens (primary N) is 1. The molecule has 0 radical (unpaired) electrons. The summed E-state index contributed by atoms with van der Waals surface area (Å²) in [7, 11) is 0. The first-order valence-corrected chi connectivity index (χ1v) is 9.89. The molecule has 0 atom stereocenters. The molecule has 1 saturated heterocycles. The second-order valence-electron chi connectivity index (χ2n) is 6.26. The molecule has 140 valence electrons. The fraction of sp³-hybridized carbons (Fsp3) is 0.350. The number of thioether (sulfide) groups is 1. The van der Waals surface area contributed by atoms with Crippen LogP contribution in [0.5, 0.6) is 0 Å². The summed E-state index contributed by atoms with van der Waals surface area (Å²) in [5.41, 5.74) is 9.38. The van der Waals surface area contributed by atoms with E-state index in [-0.39, 0.29) is 18.3 Å². The van der Waals surface area contributed by atoms with Gasteiger partial charge in [-0.1, -0.05) is 24.3 Å². The van der Waals surface area contributed by atoms with Crippen molar-refractivity contribution in [2.45, 2.75) is 13.0 Å². The first kappa shape index (κ1) is 20.8. The van der Waals surface area contributed by atoms with Crippen molar-refractivity contribution in [1.82, 2.24) is 4.90 Å². The van der Waals surface area contributed by atoms with Crippen LogP contribution < -0.4 is 11.1 Å². The Hall–Kier alpha value is -1.53. The Morgan fingerprint density at radius 1 is 1.00 bits per heavy atom. The number of hydrogen-bond donors (Lipinski definition) is 2. The lowest BCUT2D eigenvalue weighted by molar-refractivity contribution is 0.102. The van der Waals surface area contributed by atoms with Gasteiger partial charge in [0, 0.05) is 48.9 Å². The Morgan fingerprint density at radius 2 is 1.62 bits per heavy atom. The van der Waals surface area contributed by atoms with Gasteiger partial charge in [-0.3, -0.25) is 4.79 Å². The van der Waals surface area contributed by atoms with Gasteiger partial charge in [-0.25, -0.2) is 0 Å². The largest absolute Gasteiger partial charge is 0.326 e. The number of anilines is 1. The number of halogens is 1. The second-order valence-corrected chi connectivity index (χ2v) is 7.48. The number of benzene rings is 2. The van der Waals surface area contributed by atoms with Crippen LogP contribution >= 0.6 is 24.2 Å². The first-order valence-electron chi connectivity index (χ1n) is 8.74. The lowest BCUT2D eigenvalue weighted by Crippen LogP contribution is -2.34. The Morgan fingerprint density at radius 3 is 2.23 bits per heavy atom. The average Bonchev–Trinajstić information content (AvgIpc) is 2.68. The van der Waals surface area contributed by atoms with Crippen LogP contribution in [-0.2, 0) is 13.0 Å². The molecule has 2 aromatic rings. The maximum absolute atomic E-state index is 12.3. The molecule has 1 aliphatic rings. The van der Waals surface area contributed by atoms with Crippen molar-refractivity contribution >= 4 is 35.8 Å². The summed E-state index contributed by atoms with van der Waals surface area (Å²) in [6, 6.07) is 15.6. The third-order valence-corrected chi connectivity index (χ3v) is 5.43. The molecule has 0 saturated carbocycles. The summed E-state index contributed by atoms with van der Waals surface area (Å²) in [6.07, 6.45) is 1.06. The molecule has 0 unspecified atom stereocenters. The van der Waals surface area contributed by atoms with E-state index in [4.69, 9.17) is 5.73 Å². The maximum Gasteiger partial charge on any atom is 0.255 e. The predicted octanol–water partition coefficient (Wildman–Crippen LogP) is 3.41. The topological polar surface area (TPSA) is 58.4 Å². The van der Waals surface area contributed by atoms with Crippen molar-refractivity contribution in [3.63, 3.8) is 0 Å². The van der Waals surface area contributed by atoms with E-state index in [0.717, 1.165) is 24.2 Å². The van der Waals surface area contributed by atoms with Crippen molar-refractivity contribution in [1.29, 1.82) is 0 Å². The molecular formula is C20H26ClN3OS. The van der Waals surface area contributed by atoms with Crippen molar-refractivity contribution in [2.75, 3.05) is 36.5 Å². The Bertz CT molecular complexity index is 685. The summed E-state index contributed by atoms with van der Waals surface area (Å²) < 4.78 is 0. The molecule has 6 heteroatoms. The van der Waals surface area contributed by atoms with Crippen LogP contribution in [0.25, 0.3) is 0 Å². The number of hydrogen-bond acceptors (Lipinski definition) is 4. The van der Waals surface area contributed by atoms with Crippen LogP contribution in [0.15, 0.2) is 48.5 Å². The molecule has 1 heterocycles. The summed E-state index contributed by atoms with van der Waals surface area (Å²) in [6.45, 7) is 3.99. The Kier molecular flexibility index (Phi) is 8.45. The molecule has 1 amide bonds. The van der Waals surface area contributed by atoms with E-state index >= 15 is 0 Å². The molecule has 2 aromatic carbocycles. The number of carbonyl (C=O) groups excluding carboxylic acids is 1. The van der Waals surface area contributed by atoms with Gasteiger partial charge in [0.1, 0.15) is 0 Å². The lowest BCUT2D eigenvalue weighted by atomic mass is 10.1. The van der Waals surface area contributed by atoms with E-state index in [9.17, 15) is 4.79 Å². The maximum atomic E-state index is 12.3. The minimum atomic E-state index is -0.0952. The molecule has 0 aliphatic carbocycles. The molecule has 0 spiro atoms. The van der Waals surface area contributed by atoms with Gasteiger partial charge in [-0.15, -0.1) is 12.4 Å². The van der Waals surface area contributed by atoms with Gasteiger partial charge < -0.3 is 16.0 Å². The number of carbonyl (C=O) groups is 1. The highest BCUT2D eigenvalue weighted by Crippen LogP contribution is 2.14. The van der Waals surface area contributed by atoms with Crippen molar-refractivity contribution in [3.8, 4) is 0 Å². The van der Waals surface area contributed by atoms with E-state index in [0.29, 0.717) is 12.1 Å². The number of amides is 1. The third-order valence-electron chi connectivity index (χ3n) is 4.48. The molecule has 3 rings (SSSR count). The van der Waals surface area contributed by atoms with E-state index in [1.165, 1.54) is 30.2 Å². The third kappa shape index (κ3) is 6.02. The highest BCUT2D eigenvalue weighted by atomic mass is 35.5. The summed E-state index contributed by atoms with van der Waals surface area (Å²) in [5.74, 6) is 2.40. The molecule has 1 fully saturated rings. The summed E-state index contributed by atoms with van der Waals surface area (Å²) in [5, 5.41) is 2.95.